The van der Waals surface area contributed by atoms with E-state index in [2.05, 4.69) is 14.9 Å². The number of amides is 1. The monoisotopic (exact) mass is 262 g/mol. The summed E-state index contributed by atoms with van der Waals surface area (Å²) in [6.45, 7) is 3.36. The van der Waals surface area contributed by atoms with Gasteiger partial charge in [0.15, 0.2) is 5.72 Å². The Morgan fingerprint density at radius 2 is 2.47 bits per heavy atom. The number of rotatable bonds is 2. The molecule has 1 aromatic heterocycles. The normalized spacial score (nSPS) is 34.6. The Kier molecular flexibility index (Phi) is 2.43. The number of carbonyl (C=O) groups excluding carboxylic acids is 1. The highest BCUT2D eigenvalue weighted by Gasteiger charge is 2.60. The minimum Gasteiger partial charge on any atom is -0.354 e. The molecule has 6 nitrogen and oxygen atoms in total. The number of hydrogen-bond donors (Lipinski definition) is 1. The van der Waals surface area contributed by atoms with Crippen LogP contribution in [0.3, 0.4) is 0 Å². The zero-order valence-corrected chi connectivity index (χ0v) is 10.8. The number of imidazole rings is 1. The molecule has 0 aliphatic carbocycles. The number of likely N-dealkylation sites (tertiary alicyclic amines) is 1. The van der Waals surface area contributed by atoms with Gasteiger partial charge < -0.3 is 14.6 Å². The van der Waals surface area contributed by atoms with Gasteiger partial charge in [-0.15, -0.1) is 0 Å². The molecule has 4 rings (SSSR count). The second-order valence-corrected chi connectivity index (χ2v) is 5.57. The van der Waals surface area contributed by atoms with E-state index in [9.17, 15) is 4.79 Å². The number of hydrogen-bond acceptors (Lipinski definition) is 4. The van der Waals surface area contributed by atoms with Crippen molar-refractivity contribution in [3.8, 4) is 0 Å². The molecule has 3 saturated heterocycles. The van der Waals surface area contributed by atoms with Crippen LogP contribution in [-0.4, -0.2) is 57.1 Å². The molecule has 0 aromatic carbocycles. The van der Waals surface area contributed by atoms with Gasteiger partial charge in [-0.05, 0) is 6.42 Å². The van der Waals surface area contributed by atoms with Crippen molar-refractivity contribution in [3.05, 3.63) is 18.2 Å². The van der Waals surface area contributed by atoms with Crippen LogP contribution in [0.5, 0.6) is 0 Å². The van der Waals surface area contributed by atoms with Gasteiger partial charge in [0.2, 0.25) is 5.91 Å². The van der Waals surface area contributed by atoms with Crippen LogP contribution in [0.15, 0.2) is 12.4 Å². The summed E-state index contributed by atoms with van der Waals surface area (Å²) in [6, 6.07) is 0.186. The summed E-state index contributed by atoms with van der Waals surface area (Å²) in [4.78, 5) is 23.9. The van der Waals surface area contributed by atoms with Gasteiger partial charge in [-0.3, -0.25) is 9.69 Å². The molecule has 0 unspecified atom stereocenters. The Morgan fingerprint density at radius 1 is 1.53 bits per heavy atom. The van der Waals surface area contributed by atoms with E-state index in [0.29, 0.717) is 6.42 Å². The van der Waals surface area contributed by atoms with E-state index in [4.69, 9.17) is 4.74 Å². The topological polar surface area (TPSA) is 61.5 Å². The van der Waals surface area contributed by atoms with E-state index in [1.807, 2.05) is 11.1 Å². The van der Waals surface area contributed by atoms with Crippen molar-refractivity contribution in [1.82, 2.24) is 19.8 Å². The van der Waals surface area contributed by atoms with E-state index >= 15 is 0 Å². The fraction of sp³-hybridized carbons (Fsp3) is 0.692. The average molecular weight is 262 g/mol. The summed E-state index contributed by atoms with van der Waals surface area (Å²) in [5, 5.41) is 0. The van der Waals surface area contributed by atoms with Crippen molar-refractivity contribution in [3.63, 3.8) is 0 Å². The number of carbonyl (C=O) groups is 1. The third-order valence-corrected chi connectivity index (χ3v) is 4.63. The molecule has 1 aromatic rings. The first-order valence-electron chi connectivity index (χ1n) is 6.96. The molecule has 0 bridgehead atoms. The minimum absolute atomic E-state index is 0.186. The second kappa shape index (κ2) is 4.05. The van der Waals surface area contributed by atoms with Gasteiger partial charge in [0, 0.05) is 38.3 Å². The van der Waals surface area contributed by atoms with Crippen molar-refractivity contribution in [2.75, 3.05) is 19.7 Å². The number of aromatic amines is 1. The van der Waals surface area contributed by atoms with E-state index in [1.165, 1.54) is 0 Å². The molecule has 0 saturated carbocycles. The summed E-state index contributed by atoms with van der Waals surface area (Å²) in [5.41, 5.74) is -0.345. The molecule has 102 valence electrons. The molecule has 1 spiro atoms. The molecule has 4 heterocycles. The Balaban J connectivity index is 1.60. The van der Waals surface area contributed by atoms with E-state index in [1.54, 1.807) is 6.20 Å². The average Bonchev–Trinajstić information content (AvgIpc) is 3.08. The van der Waals surface area contributed by atoms with Crippen molar-refractivity contribution in [2.24, 2.45) is 0 Å². The summed E-state index contributed by atoms with van der Waals surface area (Å²) in [5.74, 6) is 1.20. The molecular weight excluding hydrogens is 244 g/mol. The van der Waals surface area contributed by atoms with Gasteiger partial charge in [0.05, 0.1) is 19.2 Å². The summed E-state index contributed by atoms with van der Waals surface area (Å²) in [6.07, 6.45) is 6.07. The molecule has 3 aliphatic heterocycles. The SMILES string of the molecule is O=C1C[C@H]2N(Cc3ncc[nH]3)CC[C@]23OCCCN13. The first-order valence-corrected chi connectivity index (χ1v) is 6.96. The number of ether oxygens (including phenoxy) is 1. The maximum absolute atomic E-state index is 12.2. The van der Waals surface area contributed by atoms with Crippen LogP contribution in [0.4, 0.5) is 0 Å². The number of H-pyrrole nitrogens is 1. The Morgan fingerprint density at radius 3 is 3.32 bits per heavy atom. The third-order valence-electron chi connectivity index (χ3n) is 4.63. The van der Waals surface area contributed by atoms with E-state index in [0.717, 1.165) is 44.9 Å². The number of aromatic nitrogens is 2. The molecule has 6 heteroatoms. The predicted molar refractivity (Wildman–Crippen MR) is 67.0 cm³/mol. The van der Waals surface area contributed by atoms with Gasteiger partial charge >= 0.3 is 0 Å². The third kappa shape index (κ3) is 1.56. The first-order chi connectivity index (χ1) is 9.29. The zero-order valence-electron chi connectivity index (χ0n) is 10.8. The van der Waals surface area contributed by atoms with Crippen molar-refractivity contribution in [2.45, 2.75) is 37.6 Å². The lowest BCUT2D eigenvalue weighted by atomic mass is 10.0. The van der Waals surface area contributed by atoms with Gasteiger partial charge in [0.1, 0.15) is 5.82 Å². The summed E-state index contributed by atoms with van der Waals surface area (Å²) >= 11 is 0. The predicted octanol–water partition coefficient (Wildman–Crippen LogP) is 0.333. The summed E-state index contributed by atoms with van der Waals surface area (Å²) in [7, 11) is 0. The fourth-order valence-corrected chi connectivity index (χ4v) is 3.80. The molecule has 2 atom stereocenters. The zero-order chi connectivity index (χ0) is 12.9. The van der Waals surface area contributed by atoms with Crippen LogP contribution in [0.25, 0.3) is 0 Å². The molecule has 0 radical (unpaired) electrons. The Bertz CT molecular complexity index is 489. The standard InChI is InChI=1S/C13H18N4O2/c18-12-8-10-13(17(12)5-1-7-19-13)2-6-16(10)9-11-14-3-4-15-11/h3-4,10H,1-2,5-9H2,(H,14,15)/t10-,13+/m1/s1. The summed E-state index contributed by atoms with van der Waals surface area (Å²) < 4.78 is 6.07. The maximum atomic E-state index is 12.2. The van der Waals surface area contributed by atoms with Gasteiger partial charge in [-0.25, -0.2) is 4.98 Å². The van der Waals surface area contributed by atoms with Crippen LogP contribution in [0.1, 0.15) is 25.1 Å². The van der Waals surface area contributed by atoms with Gasteiger partial charge in [-0.1, -0.05) is 0 Å². The van der Waals surface area contributed by atoms with E-state index < -0.39 is 0 Å². The van der Waals surface area contributed by atoms with Crippen LogP contribution in [0.2, 0.25) is 0 Å². The van der Waals surface area contributed by atoms with Gasteiger partial charge in [-0.2, -0.15) is 0 Å². The highest BCUT2D eigenvalue weighted by molar-refractivity contribution is 5.81. The second-order valence-electron chi connectivity index (χ2n) is 5.57. The smallest absolute Gasteiger partial charge is 0.226 e. The molecule has 1 amide bonds. The number of nitrogens with zero attached hydrogens (tertiary/aromatic N) is 3. The largest absolute Gasteiger partial charge is 0.354 e. The molecule has 3 aliphatic rings. The fourth-order valence-electron chi connectivity index (χ4n) is 3.80. The lowest BCUT2D eigenvalue weighted by Crippen LogP contribution is -2.56. The van der Waals surface area contributed by atoms with Crippen molar-refractivity contribution >= 4 is 5.91 Å². The Hall–Kier alpha value is -1.40. The minimum atomic E-state index is -0.345. The first kappa shape index (κ1) is 11.4. The van der Waals surface area contributed by atoms with E-state index in [-0.39, 0.29) is 17.7 Å². The quantitative estimate of drug-likeness (QED) is 0.834. The van der Waals surface area contributed by atoms with Crippen molar-refractivity contribution in [1.29, 1.82) is 0 Å². The van der Waals surface area contributed by atoms with Crippen LogP contribution >= 0.6 is 0 Å². The Labute approximate surface area is 111 Å². The maximum Gasteiger partial charge on any atom is 0.226 e. The van der Waals surface area contributed by atoms with Crippen LogP contribution in [-0.2, 0) is 16.1 Å². The number of nitrogens with one attached hydrogen (secondary N) is 1. The highest BCUT2D eigenvalue weighted by Crippen LogP contribution is 2.45. The lowest BCUT2D eigenvalue weighted by Gasteiger charge is -2.42. The van der Waals surface area contributed by atoms with Crippen LogP contribution < -0.4 is 0 Å². The molecular formula is C13H18N4O2. The molecule has 1 N–H and O–H groups in total. The van der Waals surface area contributed by atoms with Crippen molar-refractivity contribution < 1.29 is 9.53 Å². The molecule has 19 heavy (non-hydrogen) atoms. The van der Waals surface area contributed by atoms with Crippen LogP contribution in [0, 0.1) is 0 Å². The van der Waals surface area contributed by atoms with Gasteiger partial charge in [0.25, 0.3) is 0 Å². The highest BCUT2D eigenvalue weighted by atomic mass is 16.5. The lowest BCUT2D eigenvalue weighted by molar-refractivity contribution is -0.180. The molecule has 3 fully saturated rings.